The lowest BCUT2D eigenvalue weighted by Gasteiger charge is -2.32. The Kier molecular flexibility index (Phi) is 5.13. The van der Waals surface area contributed by atoms with Gasteiger partial charge in [0.15, 0.2) is 23.5 Å². The average Bonchev–Trinajstić information content (AvgIpc) is 2.68. The normalized spacial score (nSPS) is 16.6. The minimum atomic E-state index is -0.354. The van der Waals surface area contributed by atoms with Crippen LogP contribution in [0, 0.1) is 5.53 Å². The first-order valence-corrected chi connectivity index (χ1v) is 7.96. The third-order valence-electron chi connectivity index (χ3n) is 4.03. The van der Waals surface area contributed by atoms with E-state index in [9.17, 15) is 0 Å². The molecule has 0 spiro atoms. The molecule has 1 aliphatic rings. The molecular formula is C18H21N5O2. The van der Waals surface area contributed by atoms with Crippen LogP contribution < -0.4 is 14.9 Å². The molecule has 2 aromatic carbocycles. The fourth-order valence-corrected chi connectivity index (χ4v) is 2.78. The number of amidine groups is 1. The molecule has 25 heavy (non-hydrogen) atoms. The third-order valence-corrected chi connectivity index (χ3v) is 4.03. The summed E-state index contributed by atoms with van der Waals surface area (Å²) in [7, 11) is 3.22. The van der Waals surface area contributed by atoms with Gasteiger partial charge >= 0.3 is 0 Å². The van der Waals surface area contributed by atoms with Gasteiger partial charge in [0.2, 0.25) is 0 Å². The monoisotopic (exact) mass is 339 g/mol. The summed E-state index contributed by atoms with van der Waals surface area (Å²) in [5, 5.41) is 8.02. The van der Waals surface area contributed by atoms with Crippen LogP contribution in [0.2, 0.25) is 0 Å². The number of rotatable bonds is 6. The molecule has 1 aliphatic heterocycles. The first kappa shape index (κ1) is 16.8. The van der Waals surface area contributed by atoms with Crippen molar-refractivity contribution in [3.05, 3.63) is 59.7 Å². The van der Waals surface area contributed by atoms with Crippen LogP contribution in [0.4, 0.5) is 0 Å². The van der Waals surface area contributed by atoms with E-state index < -0.39 is 0 Å². The van der Waals surface area contributed by atoms with E-state index in [1.807, 2.05) is 36.4 Å². The van der Waals surface area contributed by atoms with Crippen LogP contribution in [0.3, 0.4) is 0 Å². The largest absolute Gasteiger partial charge is 0.493 e. The highest BCUT2D eigenvalue weighted by molar-refractivity contribution is 5.99. The highest BCUT2D eigenvalue weighted by Gasteiger charge is 2.24. The zero-order chi connectivity index (χ0) is 17.6. The number of nitrogens with zero attached hydrogens (tertiary/aromatic N) is 3. The van der Waals surface area contributed by atoms with Crippen molar-refractivity contribution in [1.29, 1.82) is 5.53 Å². The molecule has 0 fully saturated rings. The van der Waals surface area contributed by atoms with Crippen LogP contribution in [-0.2, 0) is 6.54 Å². The van der Waals surface area contributed by atoms with Gasteiger partial charge in [-0.15, -0.1) is 0 Å². The quantitative estimate of drug-likeness (QED) is 0.793. The fourth-order valence-electron chi connectivity index (χ4n) is 2.78. The van der Waals surface area contributed by atoms with Crippen LogP contribution in [0.15, 0.2) is 58.7 Å². The Bertz CT molecular complexity index is 763. The number of benzene rings is 2. The molecule has 0 saturated carbocycles. The van der Waals surface area contributed by atoms with Crippen LogP contribution in [0.5, 0.6) is 11.5 Å². The minimum absolute atomic E-state index is 0.354. The molecule has 1 heterocycles. The van der Waals surface area contributed by atoms with E-state index in [2.05, 4.69) is 32.7 Å². The van der Waals surface area contributed by atoms with Crippen molar-refractivity contribution in [2.45, 2.75) is 12.7 Å². The molecule has 7 nitrogen and oxygen atoms in total. The Balaban J connectivity index is 1.93. The van der Waals surface area contributed by atoms with E-state index in [4.69, 9.17) is 15.0 Å². The fraction of sp³-hybridized carbons (Fsp3) is 0.278. The lowest BCUT2D eigenvalue weighted by molar-refractivity contribution is 0.314. The Morgan fingerprint density at radius 2 is 1.92 bits per heavy atom. The van der Waals surface area contributed by atoms with Gasteiger partial charge in [0, 0.05) is 12.1 Å². The second-order valence-electron chi connectivity index (χ2n) is 5.65. The summed E-state index contributed by atoms with van der Waals surface area (Å²) >= 11 is 0. The zero-order valence-electron chi connectivity index (χ0n) is 14.3. The number of methoxy groups -OCH3 is 2. The second-order valence-corrected chi connectivity index (χ2v) is 5.65. The summed E-state index contributed by atoms with van der Waals surface area (Å²) < 4.78 is 10.7. The van der Waals surface area contributed by atoms with Gasteiger partial charge < -0.3 is 14.4 Å². The molecule has 2 N–H and O–H groups in total. The van der Waals surface area contributed by atoms with Crippen molar-refractivity contribution in [3.8, 4) is 11.5 Å². The van der Waals surface area contributed by atoms with Gasteiger partial charge in [-0.1, -0.05) is 30.3 Å². The predicted molar refractivity (Wildman–Crippen MR) is 95.0 cm³/mol. The Morgan fingerprint density at radius 1 is 1.16 bits per heavy atom. The molecule has 0 aromatic heterocycles. The van der Waals surface area contributed by atoms with Crippen molar-refractivity contribution < 1.29 is 9.47 Å². The van der Waals surface area contributed by atoms with Gasteiger partial charge in [-0.2, -0.15) is 10.2 Å². The van der Waals surface area contributed by atoms with Gasteiger partial charge in [0.25, 0.3) is 0 Å². The molecule has 1 unspecified atom stereocenters. The maximum Gasteiger partial charge on any atom is 0.171 e. The number of hydrogen-bond acceptors (Lipinski definition) is 7. The van der Waals surface area contributed by atoms with E-state index in [1.165, 1.54) is 5.56 Å². The molecular weight excluding hydrogens is 318 g/mol. The van der Waals surface area contributed by atoms with Crippen molar-refractivity contribution in [2.75, 3.05) is 20.8 Å². The molecule has 0 bridgehead atoms. The summed E-state index contributed by atoms with van der Waals surface area (Å²) in [6.07, 6.45) is -0.354. The molecule has 130 valence electrons. The molecule has 0 amide bonds. The smallest absolute Gasteiger partial charge is 0.171 e. The summed E-state index contributed by atoms with van der Waals surface area (Å²) in [6.45, 7) is 1.24. The van der Waals surface area contributed by atoms with Crippen molar-refractivity contribution in [1.82, 2.24) is 10.3 Å². The first-order valence-electron chi connectivity index (χ1n) is 7.96. The molecule has 0 radical (unpaired) electrons. The number of nitrogens with one attached hydrogen (secondary N) is 2. The number of hydrogen-bond donors (Lipinski definition) is 2. The standard InChI is InChI=1S/C18H21N5O2/c1-24-15-9-8-14(10-16(15)25-2)18-22-21-17(20-19)12-23(18)11-13-6-4-3-5-7-13/h3-10,17,19,21H,11-12H2,1-2H3. The van der Waals surface area contributed by atoms with Crippen molar-refractivity contribution in [3.63, 3.8) is 0 Å². The number of ether oxygens (including phenoxy) is 2. The predicted octanol–water partition coefficient (Wildman–Crippen LogP) is 2.83. The first-order chi connectivity index (χ1) is 12.2. The second kappa shape index (κ2) is 7.65. The van der Waals surface area contributed by atoms with Crippen molar-refractivity contribution in [2.24, 2.45) is 10.2 Å². The average molecular weight is 339 g/mol. The van der Waals surface area contributed by atoms with Crippen LogP contribution >= 0.6 is 0 Å². The molecule has 2 aromatic rings. The van der Waals surface area contributed by atoms with E-state index >= 15 is 0 Å². The molecule has 0 aliphatic carbocycles. The van der Waals surface area contributed by atoms with E-state index in [-0.39, 0.29) is 6.17 Å². The SMILES string of the molecule is COc1ccc(C2=NNC(N=N)CN2Cc2ccccc2)cc1OC. The topological polar surface area (TPSA) is 82.3 Å². The number of hydrazone groups is 1. The Morgan fingerprint density at radius 3 is 2.60 bits per heavy atom. The Hall–Kier alpha value is -3.09. The van der Waals surface area contributed by atoms with E-state index in [1.54, 1.807) is 14.2 Å². The maximum absolute atomic E-state index is 7.28. The zero-order valence-corrected chi connectivity index (χ0v) is 14.3. The lowest BCUT2D eigenvalue weighted by Crippen LogP contribution is -2.47. The summed E-state index contributed by atoms with van der Waals surface area (Å²) in [5.41, 5.74) is 12.3. The van der Waals surface area contributed by atoms with Gasteiger partial charge in [-0.3, -0.25) is 5.43 Å². The third kappa shape index (κ3) is 3.71. The highest BCUT2D eigenvalue weighted by Crippen LogP contribution is 2.29. The van der Waals surface area contributed by atoms with E-state index in [0.717, 1.165) is 11.4 Å². The van der Waals surface area contributed by atoms with E-state index in [0.29, 0.717) is 24.6 Å². The Labute approximate surface area is 146 Å². The van der Waals surface area contributed by atoms with Crippen molar-refractivity contribution >= 4 is 5.84 Å². The lowest BCUT2D eigenvalue weighted by atomic mass is 10.1. The summed E-state index contributed by atoms with van der Waals surface area (Å²) in [5.74, 6) is 2.10. The molecule has 0 saturated heterocycles. The summed E-state index contributed by atoms with van der Waals surface area (Å²) in [4.78, 5) is 2.11. The summed E-state index contributed by atoms with van der Waals surface area (Å²) in [6, 6.07) is 15.9. The van der Waals surface area contributed by atoms with Gasteiger partial charge in [-0.25, -0.2) is 5.53 Å². The molecule has 1 atom stereocenters. The van der Waals surface area contributed by atoms with Crippen LogP contribution in [-0.4, -0.2) is 37.7 Å². The van der Waals surface area contributed by atoms with Crippen LogP contribution in [0.25, 0.3) is 0 Å². The molecule has 3 rings (SSSR count). The van der Waals surface area contributed by atoms with Gasteiger partial charge in [-0.05, 0) is 23.8 Å². The van der Waals surface area contributed by atoms with Crippen LogP contribution in [0.1, 0.15) is 11.1 Å². The minimum Gasteiger partial charge on any atom is -0.493 e. The van der Waals surface area contributed by atoms with Gasteiger partial charge in [0.05, 0.1) is 20.8 Å². The molecule has 7 heteroatoms. The highest BCUT2D eigenvalue weighted by atomic mass is 16.5. The maximum atomic E-state index is 7.28. The van der Waals surface area contributed by atoms with Gasteiger partial charge in [0.1, 0.15) is 0 Å².